The fraction of sp³-hybridized carbons (Fsp3) is 0.462. The maximum Gasteiger partial charge on any atom is 0.221 e. The lowest BCUT2D eigenvalue weighted by Crippen LogP contribution is -2.22. The van der Waals surface area contributed by atoms with Crippen molar-refractivity contribution in [3.8, 4) is 5.75 Å². The highest BCUT2D eigenvalue weighted by atomic mass is 16.5. The van der Waals surface area contributed by atoms with E-state index in [2.05, 4.69) is 16.5 Å². The summed E-state index contributed by atoms with van der Waals surface area (Å²) >= 11 is 0. The van der Waals surface area contributed by atoms with Gasteiger partial charge in [-0.1, -0.05) is 6.08 Å². The van der Waals surface area contributed by atoms with E-state index in [1.807, 2.05) is 13.8 Å². The Hall–Kier alpha value is -1.91. The molecule has 5 nitrogen and oxygen atoms in total. The fourth-order valence-corrected chi connectivity index (χ4v) is 2.08. The first-order valence-electron chi connectivity index (χ1n) is 5.84. The number of nitrogens with zero attached hydrogens (tertiary/aromatic N) is 2. The van der Waals surface area contributed by atoms with E-state index in [1.54, 1.807) is 12.3 Å². The van der Waals surface area contributed by atoms with Crippen molar-refractivity contribution in [2.75, 3.05) is 6.61 Å². The third-order valence-corrected chi connectivity index (χ3v) is 3.42. The van der Waals surface area contributed by atoms with E-state index >= 15 is 0 Å². The van der Waals surface area contributed by atoms with Crippen LogP contribution in [-0.2, 0) is 4.79 Å². The van der Waals surface area contributed by atoms with Crippen LogP contribution in [0, 0.1) is 25.2 Å². The Bertz CT molecular complexity index is 501. The van der Waals surface area contributed by atoms with E-state index in [1.165, 1.54) is 0 Å². The lowest BCUT2D eigenvalue weighted by molar-refractivity contribution is -0.119. The largest absolute Gasteiger partial charge is 0.489 e. The van der Waals surface area contributed by atoms with Crippen molar-refractivity contribution in [2.45, 2.75) is 20.3 Å². The molecule has 1 amide bonds. The van der Waals surface area contributed by atoms with Gasteiger partial charge in [0.05, 0.1) is 24.4 Å². The molecule has 2 N–H and O–H groups in total. The van der Waals surface area contributed by atoms with E-state index in [0.717, 1.165) is 5.69 Å². The van der Waals surface area contributed by atoms with Gasteiger partial charge in [-0.05, 0) is 20.3 Å². The Morgan fingerprint density at radius 1 is 1.72 bits per heavy atom. The van der Waals surface area contributed by atoms with Crippen LogP contribution in [-0.4, -0.2) is 22.5 Å². The number of nitrogens with two attached hydrogens (primary N) is 1. The molecule has 0 unspecified atom stereocenters. The molecule has 1 aromatic heterocycles. The summed E-state index contributed by atoms with van der Waals surface area (Å²) in [6.45, 7) is 7.83. The zero-order valence-corrected chi connectivity index (χ0v) is 10.6. The summed E-state index contributed by atoms with van der Waals surface area (Å²) in [5.41, 5.74) is 5.77. The smallest absolute Gasteiger partial charge is 0.221 e. The molecule has 96 valence electrons. The Labute approximate surface area is 106 Å². The van der Waals surface area contributed by atoms with Crippen molar-refractivity contribution in [1.82, 2.24) is 9.97 Å². The average Bonchev–Trinajstić information content (AvgIpc) is 3.04. The van der Waals surface area contributed by atoms with Gasteiger partial charge < -0.3 is 10.5 Å². The number of carbonyl (C=O) groups excluding carboxylic acids is 1. The Kier molecular flexibility index (Phi) is 3.07. The Morgan fingerprint density at radius 2 is 2.44 bits per heavy atom. The molecular formula is C13H17N3O2. The highest BCUT2D eigenvalue weighted by Crippen LogP contribution is 2.53. The van der Waals surface area contributed by atoms with Crippen LogP contribution < -0.4 is 10.5 Å². The van der Waals surface area contributed by atoms with E-state index in [9.17, 15) is 4.79 Å². The molecule has 2 atom stereocenters. The van der Waals surface area contributed by atoms with Crippen molar-refractivity contribution in [3.63, 3.8) is 0 Å². The minimum absolute atomic E-state index is 0.165. The molecule has 0 aliphatic heterocycles. The van der Waals surface area contributed by atoms with E-state index in [0.29, 0.717) is 24.6 Å². The first kappa shape index (κ1) is 12.5. The highest BCUT2D eigenvalue weighted by Gasteiger charge is 2.56. The second-order valence-electron chi connectivity index (χ2n) is 4.75. The zero-order valence-electron chi connectivity index (χ0n) is 10.6. The highest BCUT2D eigenvalue weighted by molar-refractivity contribution is 5.81. The van der Waals surface area contributed by atoms with Gasteiger partial charge >= 0.3 is 0 Å². The third kappa shape index (κ3) is 2.20. The zero-order chi connectivity index (χ0) is 13.3. The molecule has 1 aromatic rings. The summed E-state index contributed by atoms with van der Waals surface area (Å²) in [5, 5.41) is 0. The van der Waals surface area contributed by atoms with Crippen LogP contribution >= 0.6 is 0 Å². The predicted molar refractivity (Wildman–Crippen MR) is 66.9 cm³/mol. The monoisotopic (exact) mass is 247 g/mol. The molecule has 1 aliphatic carbocycles. The van der Waals surface area contributed by atoms with Crippen LogP contribution in [0.2, 0.25) is 0 Å². The van der Waals surface area contributed by atoms with Crippen LogP contribution in [0.25, 0.3) is 0 Å². The predicted octanol–water partition coefficient (Wildman–Crippen LogP) is 1.15. The number of ether oxygens (including phenoxy) is 1. The van der Waals surface area contributed by atoms with E-state index in [-0.39, 0.29) is 17.2 Å². The first-order valence-corrected chi connectivity index (χ1v) is 5.84. The lowest BCUT2D eigenvalue weighted by Gasteiger charge is -2.14. The van der Waals surface area contributed by atoms with Gasteiger partial charge in [0.25, 0.3) is 0 Å². The summed E-state index contributed by atoms with van der Waals surface area (Å²) in [6, 6.07) is 0. The number of amides is 1. The second kappa shape index (κ2) is 4.40. The molecule has 0 aromatic carbocycles. The molecule has 18 heavy (non-hydrogen) atoms. The van der Waals surface area contributed by atoms with Gasteiger partial charge in [-0.2, -0.15) is 0 Å². The Morgan fingerprint density at radius 3 is 2.94 bits per heavy atom. The van der Waals surface area contributed by atoms with E-state index in [4.69, 9.17) is 10.5 Å². The molecular weight excluding hydrogens is 230 g/mol. The van der Waals surface area contributed by atoms with Crippen LogP contribution in [0.5, 0.6) is 5.75 Å². The molecule has 1 heterocycles. The third-order valence-electron chi connectivity index (χ3n) is 3.42. The van der Waals surface area contributed by atoms with Crippen LogP contribution in [0.4, 0.5) is 0 Å². The molecule has 2 rings (SSSR count). The Balaban J connectivity index is 2.04. The molecule has 1 aliphatic rings. The molecule has 1 fully saturated rings. The van der Waals surface area contributed by atoms with Crippen molar-refractivity contribution < 1.29 is 9.53 Å². The van der Waals surface area contributed by atoms with Crippen molar-refractivity contribution in [3.05, 3.63) is 30.4 Å². The van der Waals surface area contributed by atoms with Crippen molar-refractivity contribution >= 4 is 5.91 Å². The molecule has 0 radical (unpaired) electrons. The summed E-state index contributed by atoms with van der Waals surface area (Å²) in [5.74, 6) is 0.883. The summed E-state index contributed by atoms with van der Waals surface area (Å²) in [7, 11) is 0. The molecule has 0 bridgehead atoms. The van der Waals surface area contributed by atoms with Crippen LogP contribution in [0.15, 0.2) is 18.9 Å². The number of aromatic nitrogens is 2. The molecule has 5 heteroatoms. The number of aryl methyl sites for hydroxylation is 2. The number of primary amides is 1. The van der Waals surface area contributed by atoms with Gasteiger partial charge in [0.15, 0.2) is 5.75 Å². The van der Waals surface area contributed by atoms with Gasteiger partial charge in [0.1, 0.15) is 5.82 Å². The number of hydrogen-bond acceptors (Lipinski definition) is 4. The van der Waals surface area contributed by atoms with Gasteiger partial charge in [-0.25, -0.2) is 9.97 Å². The summed E-state index contributed by atoms with van der Waals surface area (Å²) in [4.78, 5) is 19.5. The van der Waals surface area contributed by atoms with Gasteiger partial charge in [-0.3, -0.25) is 4.79 Å². The molecule has 0 saturated heterocycles. The van der Waals surface area contributed by atoms with Crippen molar-refractivity contribution in [1.29, 1.82) is 0 Å². The maximum absolute atomic E-state index is 11.2. The topological polar surface area (TPSA) is 78.1 Å². The molecule has 1 saturated carbocycles. The maximum atomic E-state index is 11.2. The van der Waals surface area contributed by atoms with Crippen LogP contribution in [0.1, 0.15) is 17.9 Å². The summed E-state index contributed by atoms with van der Waals surface area (Å²) in [6.07, 6.45) is 4.11. The fourth-order valence-electron chi connectivity index (χ4n) is 2.08. The van der Waals surface area contributed by atoms with Gasteiger partial charge in [0, 0.05) is 5.41 Å². The van der Waals surface area contributed by atoms with E-state index < -0.39 is 0 Å². The SMILES string of the molecule is C=C[C@]1(COc2cnc(C)nc2C)C[C@H]1C(N)=O. The minimum Gasteiger partial charge on any atom is -0.489 e. The minimum atomic E-state index is -0.316. The average molecular weight is 247 g/mol. The quantitative estimate of drug-likeness (QED) is 0.792. The van der Waals surface area contributed by atoms with Crippen molar-refractivity contribution in [2.24, 2.45) is 17.1 Å². The van der Waals surface area contributed by atoms with Gasteiger partial charge in [-0.15, -0.1) is 6.58 Å². The summed E-state index contributed by atoms with van der Waals surface area (Å²) < 4.78 is 5.69. The first-order chi connectivity index (χ1) is 8.48. The normalized spacial score (nSPS) is 25.6. The van der Waals surface area contributed by atoms with Gasteiger partial charge in [0.2, 0.25) is 5.91 Å². The van der Waals surface area contributed by atoms with Crippen LogP contribution in [0.3, 0.4) is 0 Å². The molecule has 0 spiro atoms. The number of carbonyl (C=O) groups is 1. The standard InChI is InChI=1S/C13H17N3O2/c1-4-13(5-10(13)12(14)17)7-18-11-6-15-9(3)16-8(11)2/h4,6,10H,1,5,7H2,2-3H3,(H2,14,17)/t10-,13+/m0/s1. The lowest BCUT2D eigenvalue weighted by atomic mass is 10.1. The number of rotatable bonds is 5. The second-order valence-corrected chi connectivity index (χ2v) is 4.75. The number of hydrogen-bond donors (Lipinski definition) is 1.